The fraction of sp³-hybridized carbons (Fsp3) is 0.240. The highest BCUT2D eigenvalue weighted by molar-refractivity contribution is 5.94. The van der Waals surface area contributed by atoms with Crippen LogP contribution in [0.2, 0.25) is 0 Å². The number of amides is 1. The molecule has 0 fully saturated rings. The largest absolute Gasteiger partial charge is 0.493 e. The van der Waals surface area contributed by atoms with Gasteiger partial charge in [0.1, 0.15) is 12.4 Å². The summed E-state index contributed by atoms with van der Waals surface area (Å²) in [4.78, 5) is 12.8. The second-order valence-electron chi connectivity index (χ2n) is 6.80. The van der Waals surface area contributed by atoms with E-state index in [1.807, 2.05) is 80.6 Å². The van der Waals surface area contributed by atoms with Crippen molar-refractivity contribution >= 4 is 5.91 Å². The molecule has 0 saturated carbocycles. The maximum Gasteiger partial charge on any atom is 0.251 e. The van der Waals surface area contributed by atoms with E-state index < -0.39 is 0 Å². The van der Waals surface area contributed by atoms with Crippen molar-refractivity contribution in [1.82, 2.24) is 5.32 Å². The quantitative estimate of drug-likeness (QED) is 0.534. The van der Waals surface area contributed by atoms with E-state index in [-0.39, 0.29) is 18.6 Å². The summed E-state index contributed by atoms with van der Waals surface area (Å²) in [5.74, 6) is 1.84. The number of para-hydroxylation sites is 2. The molecule has 0 radical (unpaired) electrons. The summed E-state index contributed by atoms with van der Waals surface area (Å²) in [6, 6.07) is 22.6. The molecule has 5 heteroatoms. The molecule has 0 spiro atoms. The van der Waals surface area contributed by atoms with Crippen LogP contribution < -0.4 is 19.5 Å². The monoisotopic (exact) mass is 405 g/mol. The molecule has 0 aliphatic rings. The van der Waals surface area contributed by atoms with Gasteiger partial charge in [0.15, 0.2) is 11.5 Å². The molecular weight excluding hydrogens is 378 g/mol. The lowest BCUT2D eigenvalue weighted by Gasteiger charge is -2.17. The molecule has 0 unspecified atom stereocenters. The Hall–Kier alpha value is -3.47. The zero-order chi connectivity index (χ0) is 21.3. The number of nitrogens with one attached hydrogen (secondary N) is 1. The van der Waals surface area contributed by atoms with Crippen molar-refractivity contribution in [3.05, 3.63) is 89.5 Å². The van der Waals surface area contributed by atoms with Crippen LogP contribution in [0.4, 0.5) is 0 Å². The smallest absolute Gasteiger partial charge is 0.251 e. The van der Waals surface area contributed by atoms with Crippen molar-refractivity contribution in [2.24, 2.45) is 0 Å². The summed E-state index contributed by atoms with van der Waals surface area (Å²) < 4.78 is 17.0. The fourth-order valence-electron chi connectivity index (χ4n) is 3.13. The molecule has 30 heavy (non-hydrogen) atoms. The molecule has 1 N–H and O–H groups in total. The average Bonchev–Trinajstić information content (AvgIpc) is 2.79. The van der Waals surface area contributed by atoms with Crippen molar-refractivity contribution in [3.63, 3.8) is 0 Å². The number of carbonyl (C=O) groups is 1. The van der Waals surface area contributed by atoms with E-state index in [0.717, 1.165) is 11.1 Å². The number of hydrogen-bond donors (Lipinski definition) is 1. The second-order valence-corrected chi connectivity index (χ2v) is 6.80. The summed E-state index contributed by atoms with van der Waals surface area (Å²) in [7, 11) is 1.60. The highest BCUT2D eigenvalue weighted by Crippen LogP contribution is 2.29. The van der Waals surface area contributed by atoms with Crippen LogP contribution in [-0.2, 0) is 6.61 Å². The van der Waals surface area contributed by atoms with E-state index in [1.165, 1.54) is 0 Å². The van der Waals surface area contributed by atoms with Gasteiger partial charge in [0.05, 0.1) is 19.8 Å². The summed E-state index contributed by atoms with van der Waals surface area (Å²) in [5.41, 5.74) is 2.40. The van der Waals surface area contributed by atoms with Crippen molar-refractivity contribution in [2.45, 2.75) is 26.5 Å². The molecule has 0 aliphatic carbocycles. The molecule has 3 aromatic carbocycles. The predicted octanol–water partition coefficient (Wildman–Crippen LogP) is 5.16. The molecule has 0 aromatic heterocycles. The molecule has 0 heterocycles. The Morgan fingerprint density at radius 1 is 0.900 bits per heavy atom. The van der Waals surface area contributed by atoms with Crippen LogP contribution in [0.15, 0.2) is 72.8 Å². The number of rotatable bonds is 9. The fourth-order valence-corrected chi connectivity index (χ4v) is 3.13. The van der Waals surface area contributed by atoms with Crippen LogP contribution >= 0.6 is 0 Å². The van der Waals surface area contributed by atoms with E-state index in [2.05, 4.69) is 5.32 Å². The first-order valence-electron chi connectivity index (χ1n) is 9.99. The van der Waals surface area contributed by atoms with E-state index in [1.54, 1.807) is 13.2 Å². The van der Waals surface area contributed by atoms with Crippen molar-refractivity contribution < 1.29 is 19.0 Å². The summed E-state index contributed by atoms with van der Waals surface area (Å²) in [6.45, 7) is 4.67. The van der Waals surface area contributed by atoms with Gasteiger partial charge in [0.2, 0.25) is 0 Å². The SMILES string of the molecule is CCOc1ccc(C(=O)N[C@@H](C)c2ccccc2)cc1COc1ccccc1OC. The van der Waals surface area contributed by atoms with Gasteiger partial charge in [-0.25, -0.2) is 0 Å². The summed E-state index contributed by atoms with van der Waals surface area (Å²) in [6.07, 6.45) is 0. The molecule has 1 atom stereocenters. The number of carbonyl (C=O) groups excluding carboxylic acids is 1. The Morgan fingerprint density at radius 2 is 1.60 bits per heavy atom. The van der Waals surface area contributed by atoms with Crippen LogP contribution in [0.3, 0.4) is 0 Å². The maximum absolute atomic E-state index is 12.8. The maximum atomic E-state index is 12.8. The number of methoxy groups -OCH3 is 1. The first-order valence-corrected chi connectivity index (χ1v) is 9.99. The summed E-state index contributed by atoms with van der Waals surface area (Å²) >= 11 is 0. The van der Waals surface area contributed by atoms with E-state index in [4.69, 9.17) is 14.2 Å². The van der Waals surface area contributed by atoms with Crippen LogP contribution in [-0.4, -0.2) is 19.6 Å². The molecule has 0 saturated heterocycles. The third-order valence-electron chi connectivity index (χ3n) is 4.72. The minimum Gasteiger partial charge on any atom is -0.493 e. The number of ether oxygens (including phenoxy) is 3. The molecule has 5 nitrogen and oxygen atoms in total. The molecule has 1 amide bonds. The van der Waals surface area contributed by atoms with Crippen LogP contribution in [0.25, 0.3) is 0 Å². The highest BCUT2D eigenvalue weighted by atomic mass is 16.5. The topological polar surface area (TPSA) is 56.8 Å². The van der Waals surface area contributed by atoms with E-state index in [0.29, 0.717) is 29.4 Å². The zero-order valence-electron chi connectivity index (χ0n) is 17.6. The lowest BCUT2D eigenvalue weighted by Crippen LogP contribution is -2.26. The zero-order valence-corrected chi connectivity index (χ0v) is 17.6. The van der Waals surface area contributed by atoms with Gasteiger partial charge in [-0.3, -0.25) is 4.79 Å². The second kappa shape index (κ2) is 10.3. The Kier molecular flexibility index (Phi) is 7.33. The molecule has 156 valence electrons. The lowest BCUT2D eigenvalue weighted by molar-refractivity contribution is 0.0939. The van der Waals surface area contributed by atoms with Crippen LogP contribution in [0, 0.1) is 0 Å². The Labute approximate surface area is 177 Å². The van der Waals surface area contributed by atoms with Gasteiger partial charge in [-0.2, -0.15) is 0 Å². The minimum atomic E-state index is -0.145. The Bertz CT molecular complexity index is 972. The van der Waals surface area contributed by atoms with Gasteiger partial charge in [0.25, 0.3) is 5.91 Å². The average molecular weight is 405 g/mol. The number of hydrogen-bond acceptors (Lipinski definition) is 4. The third-order valence-corrected chi connectivity index (χ3v) is 4.72. The number of benzene rings is 3. The lowest BCUT2D eigenvalue weighted by atomic mass is 10.1. The van der Waals surface area contributed by atoms with E-state index in [9.17, 15) is 4.79 Å². The molecular formula is C25H27NO4. The van der Waals surface area contributed by atoms with Crippen molar-refractivity contribution in [3.8, 4) is 17.2 Å². The normalized spacial score (nSPS) is 11.4. The van der Waals surface area contributed by atoms with Gasteiger partial charge in [-0.1, -0.05) is 42.5 Å². The van der Waals surface area contributed by atoms with Crippen LogP contribution in [0.1, 0.15) is 41.4 Å². The third kappa shape index (κ3) is 5.32. The minimum absolute atomic E-state index is 0.0986. The van der Waals surface area contributed by atoms with Crippen molar-refractivity contribution in [2.75, 3.05) is 13.7 Å². The first-order chi connectivity index (χ1) is 14.6. The van der Waals surface area contributed by atoms with Gasteiger partial charge >= 0.3 is 0 Å². The van der Waals surface area contributed by atoms with Gasteiger partial charge < -0.3 is 19.5 Å². The molecule has 0 aliphatic heterocycles. The summed E-state index contributed by atoms with van der Waals surface area (Å²) in [5, 5.41) is 3.04. The Balaban J connectivity index is 1.77. The Morgan fingerprint density at radius 3 is 2.30 bits per heavy atom. The van der Waals surface area contributed by atoms with Crippen LogP contribution in [0.5, 0.6) is 17.2 Å². The van der Waals surface area contributed by atoms with Gasteiger partial charge in [0, 0.05) is 11.1 Å². The predicted molar refractivity (Wildman–Crippen MR) is 117 cm³/mol. The van der Waals surface area contributed by atoms with Gasteiger partial charge in [-0.05, 0) is 49.7 Å². The standard InChI is InChI=1S/C25H27NO4/c1-4-29-22-15-14-20(25(27)26-18(2)19-10-6-5-7-11-19)16-21(22)17-30-24-13-9-8-12-23(24)28-3/h5-16,18H,4,17H2,1-3H3,(H,26,27)/t18-/m0/s1. The molecule has 3 aromatic rings. The highest BCUT2D eigenvalue weighted by Gasteiger charge is 2.15. The van der Waals surface area contributed by atoms with Crippen molar-refractivity contribution in [1.29, 1.82) is 0 Å². The molecule has 3 rings (SSSR count). The van der Waals surface area contributed by atoms with E-state index >= 15 is 0 Å². The molecule has 0 bridgehead atoms. The van der Waals surface area contributed by atoms with Gasteiger partial charge in [-0.15, -0.1) is 0 Å². The first kappa shape index (κ1) is 21.2.